The zero-order valence-electron chi connectivity index (χ0n) is 8.42. The molecule has 0 aliphatic carbocycles. The van der Waals surface area contributed by atoms with Crippen molar-refractivity contribution in [2.24, 2.45) is 5.73 Å². The first-order valence-electron chi connectivity index (χ1n) is 4.92. The van der Waals surface area contributed by atoms with Crippen LogP contribution >= 0.6 is 11.3 Å². The highest BCUT2D eigenvalue weighted by Crippen LogP contribution is 2.22. The summed E-state index contributed by atoms with van der Waals surface area (Å²) in [4.78, 5) is 4.58. The molecule has 1 rings (SSSR count). The van der Waals surface area contributed by atoms with Crippen molar-refractivity contribution in [3.05, 3.63) is 16.1 Å². The van der Waals surface area contributed by atoms with E-state index < -0.39 is 0 Å². The summed E-state index contributed by atoms with van der Waals surface area (Å²) < 4.78 is 0. The summed E-state index contributed by atoms with van der Waals surface area (Å²) in [6.45, 7) is 5.19. The number of aryl methyl sites for hydroxylation is 1. The van der Waals surface area contributed by atoms with E-state index in [-0.39, 0.29) is 0 Å². The number of nitrogens with two attached hydrogens (primary N) is 1. The largest absolute Gasteiger partial charge is 0.330 e. The minimum Gasteiger partial charge on any atom is -0.330 e. The van der Waals surface area contributed by atoms with Crippen molar-refractivity contribution in [3.63, 3.8) is 0 Å². The maximum absolute atomic E-state index is 5.44. The average Bonchev–Trinajstić information content (AvgIpc) is 2.62. The predicted octanol–water partition coefficient (Wildman–Crippen LogP) is 2.55. The van der Waals surface area contributed by atoms with Crippen LogP contribution in [0.5, 0.6) is 0 Å². The van der Waals surface area contributed by atoms with Gasteiger partial charge in [-0.1, -0.05) is 13.8 Å². The molecule has 1 atom stereocenters. The number of hydrogen-bond acceptors (Lipinski definition) is 3. The summed E-state index contributed by atoms with van der Waals surface area (Å²) in [6.07, 6.45) is 3.25. The first kappa shape index (κ1) is 10.7. The van der Waals surface area contributed by atoms with Gasteiger partial charge in [0.2, 0.25) is 0 Å². The van der Waals surface area contributed by atoms with E-state index in [2.05, 4.69) is 24.2 Å². The van der Waals surface area contributed by atoms with E-state index in [1.165, 1.54) is 17.1 Å². The minimum absolute atomic E-state index is 0.608. The Balaban J connectivity index is 2.53. The van der Waals surface area contributed by atoms with E-state index in [4.69, 9.17) is 5.73 Å². The molecule has 0 saturated carbocycles. The van der Waals surface area contributed by atoms with Crippen molar-refractivity contribution < 1.29 is 0 Å². The Kier molecular flexibility index (Phi) is 4.39. The van der Waals surface area contributed by atoms with Crippen molar-refractivity contribution in [1.29, 1.82) is 0 Å². The number of rotatable bonds is 5. The quantitative estimate of drug-likeness (QED) is 0.789. The fraction of sp³-hybridized carbons (Fsp3) is 0.700. The van der Waals surface area contributed by atoms with Crippen LogP contribution in [0, 0.1) is 0 Å². The SMILES string of the molecule is CC[C@@H](C)c1nc(CCCN)cs1. The molecule has 3 heteroatoms. The predicted molar refractivity (Wildman–Crippen MR) is 58.2 cm³/mol. The van der Waals surface area contributed by atoms with E-state index in [0.29, 0.717) is 5.92 Å². The molecule has 0 spiro atoms. The second-order valence-corrected chi connectivity index (χ2v) is 4.27. The number of hydrogen-bond donors (Lipinski definition) is 1. The van der Waals surface area contributed by atoms with Crippen LogP contribution in [0.25, 0.3) is 0 Å². The lowest BCUT2D eigenvalue weighted by Crippen LogP contribution is -2.00. The molecule has 0 radical (unpaired) electrons. The van der Waals surface area contributed by atoms with Crippen molar-refractivity contribution in [2.75, 3.05) is 6.54 Å². The summed E-state index contributed by atoms with van der Waals surface area (Å²) >= 11 is 1.78. The first-order valence-corrected chi connectivity index (χ1v) is 5.80. The Morgan fingerprint density at radius 2 is 2.38 bits per heavy atom. The van der Waals surface area contributed by atoms with Crippen LogP contribution in [0.15, 0.2) is 5.38 Å². The standard InChI is InChI=1S/C10H18N2S/c1-3-8(2)10-12-9(7-13-10)5-4-6-11/h7-8H,3-6,11H2,1-2H3/t8-/m1/s1. The van der Waals surface area contributed by atoms with Crippen molar-refractivity contribution in [3.8, 4) is 0 Å². The van der Waals surface area contributed by atoms with Gasteiger partial charge in [-0.25, -0.2) is 4.98 Å². The maximum atomic E-state index is 5.44. The van der Waals surface area contributed by atoms with Crippen molar-refractivity contribution >= 4 is 11.3 Å². The molecular weight excluding hydrogens is 180 g/mol. The third-order valence-electron chi connectivity index (χ3n) is 2.24. The molecule has 0 aliphatic rings. The minimum atomic E-state index is 0.608. The Morgan fingerprint density at radius 1 is 1.62 bits per heavy atom. The van der Waals surface area contributed by atoms with E-state index in [1.54, 1.807) is 11.3 Å². The highest BCUT2D eigenvalue weighted by Gasteiger charge is 2.07. The van der Waals surface area contributed by atoms with Gasteiger partial charge in [-0.15, -0.1) is 11.3 Å². The van der Waals surface area contributed by atoms with Gasteiger partial charge in [0.05, 0.1) is 10.7 Å². The Morgan fingerprint density at radius 3 is 3.00 bits per heavy atom. The Labute approximate surface area is 84.2 Å². The molecule has 0 unspecified atom stereocenters. The van der Waals surface area contributed by atoms with Gasteiger partial charge in [0.1, 0.15) is 0 Å². The number of thiazole rings is 1. The molecule has 2 N–H and O–H groups in total. The lowest BCUT2D eigenvalue weighted by molar-refractivity contribution is 0.717. The Bertz CT molecular complexity index is 245. The van der Waals surface area contributed by atoms with Gasteiger partial charge in [-0.05, 0) is 25.8 Å². The van der Waals surface area contributed by atoms with Crippen LogP contribution in [0.1, 0.15) is 43.3 Å². The topological polar surface area (TPSA) is 38.9 Å². The highest BCUT2D eigenvalue weighted by atomic mass is 32.1. The molecule has 74 valence electrons. The van der Waals surface area contributed by atoms with E-state index in [0.717, 1.165) is 19.4 Å². The van der Waals surface area contributed by atoms with E-state index >= 15 is 0 Å². The van der Waals surface area contributed by atoms with Gasteiger partial charge in [0, 0.05) is 11.3 Å². The molecule has 1 aromatic rings. The van der Waals surface area contributed by atoms with Gasteiger partial charge in [-0.3, -0.25) is 0 Å². The summed E-state index contributed by atoms with van der Waals surface area (Å²) in [5, 5.41) is 3.44. The summed E-state index contributed by atoms with van der Waals surface area (Å²) in [7, 11) is 0. The molecule has 0 bridgehead atoms. The van der Waals surface area contributed by atoms with Crippen molar-refractivity contribution in [1.82, 2.24) is 4.98 Å². The lowest BCUT2D eigenvalue weighted by Gasteiger charge is -2.01. The van der Waals surface area contributed by atoms with Crippen LogP contribution in [0.2, 0.25) is 0 Å². The van der Waals surface area contributed by atoms with Crippen LogP contribution < -0.4 is 5.73 Å². The summed E-state index contributed by atoms with van der Waals surface area (Å²) in [6, 6.07) is 0. The normalized spacial score (nSPS) is 13.2. The second kappa shape index (κ2) is 5.35. The van der Waals surface area contributed by atoms with Crippen LogP contribution in [-0.2, 0) is 6.42 Å². The molecule has 0 fully saturated rings. The number of aromatic nitrogens is 1. The molecule has 0 amide bonds. The Hall–Kier alpha value is -0.410. The fourth-order valence-electron chi connectivity index (χ4n) is 1.12. The first-order chi connectivity index (χ1) is 6.27. The molecule has 1 heterocycles. The van der Waals surface area contributed by atoms with Gasteiger partial charge in [0.25, 0.3) is 0 Å². The van der Waals surface area contributed by atoms with E-state index in [9.17, 15) is 0 Å². The monoisotopic (exact) mass is 198 g/mol. The zero-order chi connectivity index (χ0) is 9.68. The van der Waals surface area contributed by atoms with Gasteiger partial charge < -0.3 is 5.73 Å². The summed E-state index contributed by atoms with van der Waals surface area (Å²) in [5.74, 6) is 0.608. The highest BCUT2D eigenvalue weighted by molar-refractivity contribution is 7.09. The molecule has 0 aromatic carbocycles. The maximum Gasteiger partial charge on any atom is 0.0956 e. The third kappa shape index (κ3) is 3.08. The van der Waals surface area contributed by atoms with Gasteiger partial charge >= 0.3 is 0 Å². The lowest BCUT2D eigenvalue weighted by atomic mass is 10.1. The third-order valence-corrected chi connectivity index (χ3v) is 3.37. The second-order valence-electron chi connectivity index (χ2n) is 3.38. The van der Waals surface area contributed by atoms with Crippen molar-refractivity contribution in [2.45, 2.75) is 39.0 Å². The fourth-order valence-corrected chi connectivity index (χ4v) is 2.12. The van der Waals surface area contributed by atoms with Gasteiger partial charge in [-0.2, -0.15) is 0 Å². The molecule has 0 aliphatic heterocycles. The molecule has 13 heavy (non-hydrogen) atoms. The molecule has 0 saturated heterocycles. The molecule has 2 nitrogen and oxygen atoms in total. The summed E-state index contributed by atoms with van der Waals surface area (Å²) in [5.41, 5.74) is 6.66. The van der Waals surface area contributed by atoms with Gasteiger partial charge in [0.15, 0.2) is 0 Å². The van der Waals surface area contributed by atoms with E-state index in [1.807, 2.05) is 0 Å². The number of nitrogens with zero attached hydrogens (tertiary/aromatic N) is 1. The smallest absolute Gasteiger partial charge is 0.0956 e. The van der Waals surface area contributed by atoms with Crippen LogP contribution in [0.3, 0.4) is 0 Å². The average molecular weight is 198 g/mol. The van der Waals surface area contributed by atoms with Crippen LogP contribution in [0.4, 0.5) is 0 Å². The van der Waals surface area contributed by atoms with Crippen LogP contribution in [-0.4, -0.2) is 11.5 Å². The molecule has 1 aromatic heterocycles. The zero-order valence-corrected chi connectivity index (χ0v) is 9.23. The molecular formula is C10H18N2S.